The van der Waals surface area contributed by atoms with Crippen LogP contribution in [0, 0.1) is 0 Å². The summed E-state index contributed by atoms with van der Waals surface area (Å²) < 4.78 is 5.61. The molecule has 0 aliphatic carbocycles. The van der Waals surface area contributed by atoms with Gasteiger partial charge < -0.3 is 9.73 Å². The van der Waals surface area contributed by atoms with E-state index in [4.69, 9.17) is 4.42 Å². The number of carbonyl (C=O) groups is 2. The number of imide groups is 1. The van der Waals surface area contributed by atoms with Crippen LogP contribution in [0.5, 0.6) is 0 Å². The molecular weight excluding hydrogens is 354 g/mol. The maximum absolute atomic E-state index is 12.9. The quantitative estimate of drug-likeness (QED) is 0.588. The van der Waals surface area contributed by atoms with E-state index in [1.807, 2.05) is 66.7 Å². The Morgan fingerprint density at radius 2 is 1.54 bits per heavy atom. The van der Waals surface area contributed by atoms with Gasteiger partial charge in [0.2, 0.25) is 5.91 Å². The second-order valence-electron chi connectivity index (χ2n) is 6.22. The molecule has 144 valence electrons. The Bertz CT molecular complexity index is 880. The lowest BCUT2D eigenvalue weighted by atomic mass is 10.00. The fourth-order valence-corrected chi connectivity index (χ4v) is 2.97. The van der Waals surface area contributed by atoms with Crippen LogP contribution in [0.25, 0.3) is 0 Å². The van der Waals surface area contributed by atoms with E-state index in [2.05, 4.69) is 16.0 Å². The SMILES string of the molecule is CCNC(=O)NC(=O)[C@@H](N[C@@H](c1ccccc1)c1ccco1)c1ccccc1. The molecule has 0 unspecified atom stereocenters. The molecule has 0 aliphatic rings. The average Bonchev–Trinajstić information content (AvgIpc) is 3.24. The first kappa shape index (κ1) is 19.4. The summed E-state index contributed by atoms with van der Waals surface area (Å²) in [4.78, 5) is 24.8. The Balaban J connectivity index is 1.92. The van der Waals surface area contributed by atoms with Crippen LogP contribution in [0.2, 0.25) is 0 Å². The van der Waals surface area contributed by atoms with E-state index in [0.29, 0.717) is 12.3 Å². The van der Waals surface area contributed by atoms with Gasteiger partial charge in [-0.05, 0) is 30.2 Å². The first-order valence-corrected chi connectivity index (χ1v) is 9.17. The topological polar surface area (TPSA) is 83.4 Å². The second-order valence-corrected chi connectivity index (χ2v) is 6.22. The zero-order valence-electron chi connectivity index (χ0n) is 15.6. The van der Waals surface area contributed by atoms with Crippen LogP contribution >= 0.6 is 0 Å². The Morgan fingerprint density at radius 3 is 2.11 bits per heavy atom. The second kappa shape index (κ2) is 9.53. The molecule has 28 heavy (non-hydrogen) atoms. The highest BCUT2D eigenvalue weighted by molar-refractivity contribution is 5.97. The van der Waals surface area contributed by atoms with E-state index in [9.17, 15) is 9.59 Å². The molecule has 2 aromatic carbocycles. The zero-order chi connectivity index (χ0) is 19.8. The molecule has 3 aromatic rings. The number of hydrogen-bond acceptors (Lipinski definition) is 4. The Kier molecular flexibility index (Phi) is 6.59. The molecule has 1 heterocycles. The van der Waals surface area contributed by atoms with Crippen molar-refractivity contribution >= 4 is 11.9 Å². The highest BCUT2D eigenvalue weighted by atomic mass is 16.3. The van der Waals surface area contributed by atoms with Gasteiger partial charge in [0.05, 0.1) is 12.3 Å². The molecule has 6 heteroatoms. The molecule has 0 saturated heterocycles. The lowest BCUT2D eigenvalue weighted by molar-refractivity contribution is -0.122. The lowest BCUT2D eigenvalue weighted by Gasteiger charge is -2.24. The van der Waals surface area contributed by atoms with Crippen LogP contribution in [0.4, 0.5) is 4.79 Å². The maximum atomic E-state index is 12.9. The molecular formula is C22H23N3O3. The standard InChI is InChI=1S/C22H23N3O3/c1-2-23-22(27)25-21(26)20(17-12-7-4-8-13-17)24-19(18-14-9-15-28-18)16-10-5-3-6-11-16/h3-15,19-20,24H,2H2,1H3,(H2,23,25,26,27)/t19-,20-/m0/s1. The predicted octanol–water partition coefficient (Wildman–Crippen LogP) is 3.55. The lowest BCUT2D eigenvalue weighted by Crippen LogP contribution is -2.45. The van der Waals surface area contributed by atoms with Crippen molar-refractivity contribution in [1.82, 2.24) is 16.0 Å². The minimum absolute atomic E-state index is 0.360. The van der Waals surface area contributed by atoms with Crippen LogP contribution in [0.3, 0.4) is 0 Å². The van der Waals surface area contributed by atoms with E-state index in [1.54, 1.807) is 19.3 Å². The van der Waals surface area contributed by atoms with Crippen molar-refractivity contribution in [2.24, 2.45) is 0 Å². The maximum Gasteiger partial charge on any atom is 0.321 e. The molecule has 0 spiro atoms. The predicted molar refractivity (Wildman–Crippen MR) is 107 cm³/mol. The van der Waals surface area contributed by atoms with Gasteiger partial charge >= 0.3 is 6.03 Å². The molecule has 0 fully saturated rings. The van der Waals surface area contributed by atoms with Crippen molar-refractivity contribution < 1.29 is 14.0 Å². The van der Waals surface area contributed by atoms with Crippen molar-refractivity contribution in [1.29, 1.82) is 0 Å². The number of carbonyl (C=O) groups excluding carboxylic acids is 2. The van der Waals surface area contributed by atoms with Crippen LogP contribution in [-0.2, 0) is 4.79 Å². The van der Waals surface area contributed by atoms with Crippen molar-refractivity contribution in [3.8, 4) is 0 Å². The Morgan fingerprint density at radius 1 is 0.893 bits per heavy atom. The number of benzene rings is 2. The average molecular weight is 377 g/mol. The summed E-state index contributed by atoms with van der Waals surface area (Å²) in [5, 5.41) is 8.33. The summed E-state index contributed by atoms with van der Waals surface area (Å²) in [6.45, 7) is 2.22. The van der Waals surface area contributed by atoms with Gasteiger partial charge in [0.1, 0.15) is 11.8 Å². The number of nitrogens with one attached hydrogen (secondary N) is 3. The molecule has 0 aliphatic heterocycles. The van der Waals surface area contributed by atoms with Gasteiger partial charge in [-0.25, -0.2) is 4.79 Å². The third kappa shape index (κ3) is 4.86. The van der Waals surface area contributed by atoms with Gasteiger partial charge in [0.25, 0.3) is 0 Å². The van der Waals surface area contributed by atoms with Crippen molar-refractivity contribution in [2.75, 3.05) is 6.54 Å². The van der Waals surface area contributed by atoms with Crippen LogP contribution in [0.1, 0.15) is 35.9 Å². The highest BCUT2D eigenvalue weighted by Crippen LogP contribution is 2.26. The normalized spacial score (nSPS) is 12.8. The van der Waals surface area contributed by atoms with E-state index >= 15 is 0 Å². The first-order valence-electron chi connectivity index (χ1n) is 9.17. The molecule has 0 bridgehead atoms. The molecule has 2 atom stereocenters. The largest absolute Gasteiger partial charge is 0.467 e. The molecule has 3 amide bonds. The smallest absolute Gasteiger partial charge is 0.321 e. The summed E-state index contributed by atoms with van der Waals surface area (Å²) >= 11 is 0. The number of rotatable bonds is 7. The van der Waals surface area contributed by atoms with Crippen LogP contribution in [0.15, 0.2) is 83.5 Å². The highest BCUT2D eigenvalue weighted by Gasteiger charge is 2.28. The number of furan rings is 1. The monoisotopic (exact) mass is 377 g/mol. The van der Waals surface area contributed by atoms with Gasteiger partial charge in [-0.3, -0.25) is 15.4 Å². The third-order valence-electron chi connectivity index (χ3n) is 4.26. The third-order valence-corrected chi connectivity index (χ3v) is 4.26. The molecule has 3 rings (SSSR count). The van der Waals surface area contributed by atoms with Gasteiger partial charge in [-0.2, -0.15) is 0 Å². The molecule has 0 radical (unpaired) electrons. The molecule has 0 saturated carbocycles. The Labute approximate surface area is 164 Å². The minimum Gasteiger partial charge on any atom is -0.467 e. The minimum atomic E-state index is -0.751. The first-order chi connectivity index (χ1) is 13.7. The summed E-state index contributed by atoms with van der Waals surface area (Å²) in [6, 6.07) is 21.0. The van der Waals surface area contributed by atoms with E-state index in [1.165, 1.54) is 0 Å². The fourth-order valence-electron chi connectivity index (χ4n) is 2.97. The summed E-state index contributed by atoms with van der Waals surface area (Å²) in [5.74, 6) is 0.238. The summed E-state index contributed by atoms with van der Waals surface area (Å²) in [7, 11) is 0. The van der Waals surface area contributed by atoms with Gasteiger partial charge in [0.15, 0.2) is 0 Å². The number of amides is 3. The molecule has 6 nitrogen and oxygen atoms in total. The van der Waals surface area contributed by atoms with Crippen LogP contribution < -0.4 is 16.0 Å². The number of hydrogen-bond donors (Lipinski definition) is 3. The number of urea groups is 1. The van der Waals surface area contributed by atoms with Crippen LogP contribution in [-0.4, -0.2) is 18.5 Å². The van der Waals surface area contributed by atoms with E-state index in [0.717, 1.165) is 11.1 Å². The zero-order valence-corrected chi connectivity index (χ0v) is 15.6. The van der Waals surface area contributed by atoms with Crippen molar-refractivity contribution in [2.45, 2.75) is 19.0 Å². The molecule has 1 aromatic heterocycles. The fraction of sp³-hybridized carbons (Fsp3) is 0.182. The van der Waals surface area contributed by atoms with Gasteiger partial charge in [-0.15, -0.1) is 0 Å². The van der Waals surface area contributed by atoms with E-state index in [-0.39, 0.29) is 6.04 Å². The summed E-state index contributed by atoms with van der Waals surface area (Å²) in [6.07, 6.45) is 1.60. The van der Waals surface area contributed by atoms with Crippen molar-refractivity contribution in [3.63, 3.8) is 0 Å². The van der Waals surface area contributed by atoms with Gasteiger partial charge in [-0.1, -0.05) is 60.7 Å². The summed E-state index contributed by atoms with van der Waals surface area (Å²) in [5.41, 5.74) is 1.70. The van der Waals surface area contributed by atoms with Gasteiger partial charge in [0, 0.05) is 6.54 Å². The molecule has 3 N–H and O–H groups in total. The Hall–Kier alpha value is -3.38. The van der Waals surface area contributed by atoms with E-state index < -0.39 is 18.0 Å². The van der Waals surface area contributed by atoms with Crippen molar-refractivity contribution in [3.05, 3.63) is 95.9 Å².